The molecule has 0 spiro atoms. The number of carbonyl (C=O) groups excluding carboxylic acids is 6. The molecule has 18 atom stereocenters. The highest BCUT2D eigenvalue weighted by molar-refractivity contribution is 5.88. The van der Waals surface area contributed by atoms with Crippen molar-refractivity contribution in [3.05, 3.63) is 69.8 Å². The number of fused-ring (bicyclic) bond motifs is 3. The van der Waals surface area contributed by atoms with E-state index in [0.29, 0.717) is 53.8 Å². The third kappa shape index (κ3) is 37.9. The molecule has 6 amide bonds. The number of carboxylic acid groups (broad SMARTS) is 3. The standard InChI is InChI=1S/C84H126N6O45/c1-115-55-37-46-34-50-41-59(128-29-23-122-17-11-119-14-20-125-26-32-131-83(113)86-53(5-8-65(96)97)77(110)89-80-74(107)71(104)68(101)62(44-92)134-80)57(117-3)39-48(50)36-51-42-60(129-30-24-123-18-12-120-15-21-126-27-33-132-84(114)87-54(6-9-66(98)99)78(111)90-81-75(108)72(105)69(102)63(45-93)135-81)56(116-2)38-47(51)35-49(46)40-58(55)127-28-22-121-16-10-118-13-19-124-25-31-130-82(112)85-52(4-7-64(94)95)76(109)88-79-73(106)70(103)67(100)61(43-91)133-79/h37-42,52-54,61-63,67-75,79-81,91-93,100-108H,4-36,43-45H2,1-3H3,(H,85,112)(H,86,113)(H,87,114)(H,88,109)(H,89,110)(H,90,111)(H,94,95)(H,96,97)(H,98,99)/t52-,53-,54-,61+,62+,63+,67-,68-,69-,70-,71-,72-,73+,74+,75+,79+,80+,81+/m0/s1. The molecular formula is C84H126N6O45. The minimum Gasteiger partial charge on any atom is -0.493 e. The lowest BCUT2D eigenvalue weighted by Gasteiger charge is -2.40. The Morgan fingerprint density at radius 3 is 0.696 bits per heavy atom. The number of carbonyl (C=O) groups is 9. The molecular weight excluding hydrogens is 1810 g/mol. The largest absolute Gasteiger partial charge is 0.493 e. The lowest BCUT2D eigenvalue weighted by Crippen LogP contribution is -2.64. The van der Waals surface area contributed by atoms with Crippen molar-refractivity contribution in [2.45, 2.75) is 168 Å². The van der Waals surface area contributed by atoms with Gasteiger partial charge in [0.2, 0.25) is 17.7 Å². The molecule has 3 fully saturated rings. The number of benzene rings is 3. The summed E-state index contributed by atoms with van der Waals surface area (Å²) in [4.78, 5) is 111. The second kappa shape index (κ2) is 60.7. The molecule has 762 valence electrons. The highest BCUT2D eigenvalue weighted by Gasteiger charge is 2.48. The Morgan fingerprint density at radius 2 is 0.496 bits per heavy atom. The predicted octanol–water partition coefficient (Wildman–Crippen LogP) is -6.29. The average Bonchev–Trinajstić information content (AvgIpc) is 1.64. The maximum atomic E-state index is 13.1. The highest BCUT2D eigenvalue weighted by atomic mass is 16.6. The summed E-state index contributed by atoms with van der Waals surface area (Å²) in [5.41, 5.74) is 5.32. The molecule has 51 heteroatoms. The number of rotatable bonds is 63. The van der Waals surface area contributed by atoms with Crippen molar-refractivity contribution in [1.82, 2.24) is 31.9 Å². The first-order valence-electron chi connectivity index (χ1n) is 43.4. The van der Waals surface area contributed by atoms with E-state index in [2.05, 4.69) is 31.9 Å². The van der Waals surface area contributed by atoms with Gasteiger partial charge in [0.15, 0.2) is 53.2 Å². The summed E-state index contributed by atoms with van der Waals surface area (Å²) >= 11 is 0. The normalized spacial score (nSPS) is 22.6. The third-order valence-corrected chi connectivity index (χ3v) is 21.0. The van der Waals surface area contributed by atoms with Gasteiger partial charge in [-0.2, -0.15) is 0 Å². The van der Waals surface area contributed by atoms with E-state index in [-0.39, 0.29) is 159 Å². The summed E-state index contributed by atoms with van der Waals surface area (Å²) < 4.78 is 119. The summed E-state index contributed by atoms with van der Waals surface area (Å²) in [6, 6.07) is 6.98. The molecule has 7 rings (SSSR count). The summed E-state index contributed by atoms with van der Waals surface area (Å²) in [5.74, 6) is -4.28. The first-order chi connectivity index (χ1) is 64.9. The number of hydrogen-bond acceptors (Lipinski definition) is 42. The van der Waals surface area contributed by atoms with Gasteiger partial charge in [-0.1, -0.05) is 0 Å². The minimum absolute atomic E-state index is 0.0869. The fourth-order valence-electron chi connectivity index (χ4n) is 13.7. The Kier molecular flexibility index (Phi) is 50.4. The zero-order valence-electron chi connectivity index (χ0n) is 74.8. The number of aliphatic hydroxyl groups excluding tert-OH is 12. The number of carboxylic acids is 3. The summed E-state index contributed by atoms with van der Waals surface area (Å²) in [5, 5.41) is 161. The Labute approximate surface area is 774 Å². The number of nitrogens with one attached hydrogen (secondary N) is 6. The van der Waals surface area contributed by atoms with E-state index in [1.54, 1.807) is 0 Å². The van der Waals surface area contributed by atoms with Gasteiger partial charge in [0.1, 0.15) is 131 Å². The van der Waals surface area contributed by atoms with E-state index in [4.69, 9.17) is 99.5 Å². The van der Waals surface area contributed by atoms with E-state index in [0.717, 1.165) is 33.4 Å². The number of aliphatic carboxylic acids is 3. The fraction of sp³-hybridized carbons (Fsp3) is 0.679. The van der Waals surface area contributed by atoms with E-state index < -0.39 is 222 Å². The Balaban J connectivity index is 0.877. The maximum absolute atomic E-state index is 13.1. The fourth-order valence-corrected chi connectivity index (χ4v) is 13.7. The Hall–Kier alpha value is -9.87. The van der Waals surface area contributed by atoms with Crippen molar-refractivity contribution >= 4 is 53.9 Å². The van der Waals surface area contributed by atoms with Crippen molar-refractivity contribution in [1.29, 1.82) is 0 Å². The molecule has 0 saturated carbocycles. The van der Waals surface area contributed by atoms with Gasteiger partial charge in [0, 0.05) is 19.3 Å². The van der Waals surface area contributed by atoms with Crippen LogP contribution in [-0.2, 0) is 119 Å². The van der Waals surface area contributed by atoms with Gasteiger partial charge < -0.3 is 208 Å². The van der Waals surface area contributed by atoms with Crippen LogP contribution in [0.1, 0.15) is 71.9 Å². The second-order valence-corrected chi connectivity index (χ2v) is 30.5. The van der Waals surface area contributed by atoms with E-state index in [1.807, 2.05) is 36.4 Å². The third-order valence-electron chi connectivity index (χ3n) is 21.0. The van der Waals surface area contributed by atoms with Gasteiger partial charge in [0.05, 0.1) is 160 Å². The molecule has 3 saturated heterocycles. The molecule has 0 radical (unpaired) electrons. The van der Waals surface area contributed by atoms with Crippen LogP contribution in [0.4, 0.5) is 14.4 Å². The highest BCUT2D eigenvalue weighted by Crippen LogP contribution is 2.42. The molecule has 135 heavy (non-hydrogen) atoms. The molecule has 3 aliphatic heterocycles. The van der Waals surface area contributed by atoms with Gasteiger partial charge in [-0.25, -0.2) is 14.4 Å². The SMILES string of the molecule is COc1cc2c(cc1OCCOCCOCCOCCOC(=O)N[C@@H](CCC(=O)O)C(=O)N[C@@H]1O[C@H](CO)[C@H](O)[C@H](O)[C@H]1O)Cc1cc(OC)c(OCCOCCOCCOCCOC(=O)N[C@@H](CCC(=O)O)C(=O)N[C@@H]3O[C@H](CO)[C@H](O)[C@H](O)[C@H]3O)cc1Cc1cc(OC)c(OCCOCCOCCOCCOC(=O)N[C@@H](CCC(=O)O)C(=O)N[C@@H]3O[C@H](CO)[C@H](O)[C@H](O)[C@H]3O)cc1C2. The number of amides is 6. The van der Waals surface area contributed by atoms with Crippen molar-refractivity contribution in [2.75, 3.05) is 200 Å². The van der Waals surface area contributed by atoms with Crippen LogP contribution < -0.4 is 60.3 Å². The van der Waals surface area contributed by atoms with Crippen molar-refractivity contribution in [3.8, 4) is 34.5 Å². The zero-order chi connectivity index (χ0) is 98.3. The zero-order valence-corrected chi connectivity index (χ0v) is 74.8. The monoisotopic (exact) mass is 1940 g/mol. The number of aliphatic hydroxyl groups is 12. The molecule has 3 aromatic carbocycles. The summed E-state index contributed by atoms with van der Waals surface area (Å²) in [6.45, 7) is -0.986. The van der Waals surface area contributed by atoms with Crippen molar-refractivity contribution < 1.29 is 219 Å². The van der Waals surface area contributed by atoms with Gasteiger partial charge in [-0.05, 0) is 108 Å². The second-order valence-electron chi connectivity index (χ2n) is 30.5. The molecule has 4 aliphatic rings. The predicted molar refractivity (Wildman–Crippen MR) is 452 cm³/mol. The molecule has 0 unspecified atom stereocenters. The first kappa shape index (κ1) is 112. The quantitative estimate of drug-likeness (QED) is 0.0144. The number of methoxy groups -OCH3 is 3. The van der Waals surface area contributed by atoms with Crippen LogP contribution in [-0.4, -0.2) is 440 Å². The number of alkyl carbamates (subject to hydrolysis) is 3. The van der Waals surface area contributed by atoms with Crippen molar-refractivity contribution in [3.63, 3.8) is 0 Å². The molecule has 0 aromatic heterocycles. The Morgan fingerprint density at radius 1 is 0.296 bits per heavy atom. The molecule has 3 heterocycles. The smallest absolute Gasteiger partial charge is 0.407 e. The van der Waals surface area contributed by atoms with Gasteiger partial charge >= 0.3 is 36.2 Å². The topological polar surface area (TPSA) is 723 Å². The van der Waals surface area contributed by atoms with Crippen molar-refractivity contribution in [2.24, 2.45) is 0 Å². The van der Waals surface area contributed by atoms with E-state index in [1.165, 1.54) is 21.3 Å². The summed E-state index contributed by atoms with van der Waals surface area (Å²) in [6.07, 6.45) is -30.0. The molecule has 21 N–H and O–H groups in total. The maximum Gasteiger partial charge on any atom is 0.407 e. The lowest BCUT2D eigenvalue weighted by atomic mass is 9.94. The van der Waals surface area contributed by atoms with Gasteiger partial charge in [-0.3, -0.25) is 28.8 Å². The molecule has 3 aromatic rings. The van der Waals surface area contributed by atoms with Crippen LogP contribution >= 0.6 is 0 Å². The molecule has 1 aliphatic carbocycles. The molecule has 51 nitrogen and oxygen atoms in total. The Bertz CT molecular complexity index is 3710. The summed E-state index contributed by atoms with van der Waals surface area (Å²) in [7, 11) is 4.57. The van der Waals surface area contributed by atoms with E-state index in [9.17, 15) is 120 Å². The van der Waals surface area contributed by atoms with Crippen LogP contribution in [0.5, 0.6) is 34.5 Å². The van der Waals surface area contributed by atoms with Gasteiger partial charge in [-0.15, -0.1) is 0 Å². The van der Waals surface area contributed by atoms with Crippen LogP contribution in [0, 0.1) is 0 Å². The first-order valence-corrected chi connectivity index (χ1v) is 43.4. The van der Waals surface area contributed by atoms with Crippen LogP contribution in [0.2, 0.25) is 0 Å². The van der Waals surface area contributed by atoms with Crippen LogP contribution in [0.25, 0.3) is 0 Å². The van der Waals surface area contributed by atoms with E-state index >= 15 is 0 Å². The number of ether oxygens (including phenoxy) is 21. The average molecular weight is 1940 g/mol. The minimum atomic E-state index is -1.84. The molecule has 0 bridgehead atoms. The van der Waals surface area contributed by atoms with Gasteiger partial charge in [0.25, 0.3) is 0 Å². The number of hydrogen-bond donors (Lipinski definition) is 21. The lowest BCUT2D eigenvalue weighted by molar-refractivity contribution is -0.236. The van der Waals surface area contributed by atoms with Crippen LogP contribution in [0.15, 0.2) is 36.4 Å². The van der Waals surface area contributed by atoms with Crippen LogP contribution in [0.3, 0.4) is 0 Å².